The van der Waals surface area contributed by atoms with Crippen LogP contribution in [-0.4, -0.2) is 65.8 Å². The lowest BCUT2D eigenvalue weighted by Gasteiger charge is -2.33. The van der Waals surface area contributed by atoms with Crippen molar-refractivity contribution in [3.05, 3.63) is 84.7 Å². The van der Waals surface area contributed by atoms with E-state index in [1.165, 1.54) is 0 Å². The van der Waals surface area contributed by atoms with Crippen LogP contribution in [0.4, 0.5) is 10.5 Å². The summed E-state index contributed by atoms with van der Waals surface area (Å²) in [4.78, 5) is 32.8. The molecular weight excluding hydrogens is 544 g/mol. The summed E-state index contributed by atoms with van der Waals surface area (Å²) >= 11 is 0. The minimum Gasteiger partial charge on any atom is -0.455 e. The number of likely N-dealkylation sites (tertiary alicyclic amines) is 1. The van der Waals surface area contributed by atoms with Crippen molar-refractivity contribution in [3.8, 4) is 11.5 Å². The molecule has 1 aliphatic heterocycles. The number of para-hydroxylation sites is 5. The Kier molecular flexibility index (Phi) is 10.2. The number of ether oxygens (including phenoxy) is 2. The van der Waals surface area contributed by atoms with E-state index in [0.29, 0.717) is 36.9 Å². The number of aryl methyl sites for hydroxylation is 1. The average molecular weight is 585 g/mol. The normalized spacial score (nSPS) is 15.7. The number of nitrogens with zero attached hydrogens (tertiary/aromatic N) is 3. The number of methoxy groups -OCH3 is 1. The first-order chi connectivity index (χ1) is 21.0. The van der Waals surface area contributed by atoms with Gasteiger partial charge in [0.25, 0.3) is 0 Å². The Morgan fingerprint density at radius 1 is 1.05 bits per heavy atom. The van der Waals surface area contributed by atoms with E-state index in [4.69, 9.17) is 20.2 Å². The van der Waals surface area contributed by atoms with Crippen LogP contribution in [0.15, 0.2) is 78.9 Å². The van der Waals surface area contributed by atoms with Crippen LogP contribution in [0, 0.1) is 0 Å². The number of hydrogen-bond acceptors (Lipinski definition) is 6. The van der Waals surface area contributed by atoms with Gasteiger partial charge in [0.2, 0.25) is 5.91 Å². The van der Waals surface area contributed by atoms with Crippen molar-refractivity contribution in [1.29, 1.82) is 0 Å². The van der Waals surface area contributed by atoms with Crippen LogP contribution in [0.1, 0.15) is 37.4 Å². The highest BCUT2D eigenvalue weighted by Gasteiger charge is 2.29. The largest absolute Gasteiger partial charge is 0.455 e. The molecule has 0 bridgehead atoms. The second-order valence-corrected chi connectivity index (χ2v) is 10.8. The Labute approximate surface area is 252 Å². The number of carbonyl (C=O) groups is 2. The second-order valence-electron chi connectivity index (χ2n) is 10.8. The molecule has 3 aromatic carbocycles. The van der Waals surface area contributed by atoms with Crippen LogP contribution in [0.5, 0.6) is 11.5 Å². The molecule has 0 radical (unpaired) electrons. The molecule has 5 rings (SSSR count). The van der Waals surface area contributed by atoms with Crippen LogP contribution >= 0.6 is 0 Å². The van der Waals surface area contributed by atoms with Gasteiger partial charge in [-0.3, -0.25) is 4.79 Å². The smallest absolute Gasteiger partial charge is 0.319 e. The third-order valence-electron chi connectivity index (χ3n) is 7.62. The topological polar surface area (TPSA) is 124 Å². The SMILES string of the molecule is COCCCn1c([C@@H]2CCCN(C(=O)C[C@@H](N)CNC(=O)Nc3ccccc3Oc3ccccc3)C2)nc2ccccc21. The van der Waals surface area contributed by atoms with Gasteiger partial charge in [0, 0.05) is 58.3 Å². The van der Waals surface area contributed by atoms with Gasteiger partial charge in [0.05, 0.1) is 16.7 Å². The number of carbonyl (C=O) groups excluding carboxylic acids is 2. The highest BCUT2D eigenvalue weighted by Crippen LogP contribution is 2.31. The van der Waals surface area contributed by atoms with Gasteiger partial charge in [-0.15, -0.1) is 0 Å². The fourth-order valence-electron chi connectivity index (χ4n) is 5.51. The highest BCUT2D eigenvalue weighted by atomic mass is 16.5. The van der Waals surface area contributed by atoms with Gasteiger partial charge in [-0.05, 0) is 55.7 Å². The van der Waals surface area contributed by atoms with E-state index in [1.54, 1.807) is 19.2 Å². The quantitative estimate of drug-likeness (QED) is 0.199. The number of nitrogens with two attached hydrogens (primary N) is 1. The van der Waals surface area contributed by atoms with Crippen molar-refractivity contribution in [2.75, 3.05) is 38.7 Å². The molecule has 10 nitrogen and oxygen atoms in total. The third kappa shape index (κ3) is 7.91. The van der Waals surface area contributed by atoms with Crippen molar-refractivity contribution in [1.82, 2.24) is 19.8 Å². The monoisotopic (exact) mass is 584 g/mol. The maximum absolute atomic E-state index is 13.3. The zero-order valence-corrected chi connectivity index (χ0v) is 24.6. The van der Waals surface area contributed by atoms with Crippen molar-refractivity contribution in [3.63, 3.8) is 0 Å². The summed E-state index contributed by atoms with van der Waals surface area (Å²) in [7, 11) is 1.71. The summed E-state index contributed by atoms with van der Waals surface area (Å²) in [5, 5.41) is 5.60. The molecule has 0 unspecified atom stereocenters. The summed E-state index contributed by atoms with van der Waals surface area (Å²) in [6.45, 7) is 2.95. The zero-order valence-electron chi connectivity index (χ0n) is 24.6. The van der Waals surface area contributed by atoms with Crippen LogP contribution in [0.2, 0.25) is 0 Å². The molecule has 10 heteroatoms. The summed E-state index contributed by atoms with van der Waals surface area (Å²) < 4.78 is 13.5. The Balaban J connectivity index is 1.14. The fraction of sp³-hybridized carbons (Fsp3) is 0.364. The standard InChI is InChI=1S/C33H40N6O4/c1-42-20-10-19-39-29-16-7-5-14-27(29)36-32(39)24-11-9-18-38(23-24)31(40)21-25(34)22-35-33(41)37-28-15-6-8-17-30(28)43-26-12-3-2-4-13-26/h2-8,12-17,24-25H,9-11,18-23,34H2,1H3,(H2,35,37,41)/t24-,25-/m1/s1. The van der Waals surface area contributed by atoms with E-state index >= 15 is 0 Å². The molecule has 4 aromatic rings. The van der Waals surface area contributed by atoms with Crippen LogP contribution < -0.4 is 21.1 Å². The number of aromatic nitrogens is 2. The molecule has 0 spiro atoms. The van der Waals surface area contributed by atoms with Gasteiger partial charge >= 0.3 is 6.03 Å². The second kappa shape index (κ2) is 14.7. The van der Waals surface area contributed by atoms with E-state index in [9.17, 15) is 9.59 Å². The van der Waals surface area contributed by atoms with Crippen molar-refractivity contribution < 1.29 is 19.1 Å². The average Bonchev–Trinajstić information content (AvgIpc) is 3.40. The van der Waals surface area contributed by atoms with Crippen molar-refractivity contribution in [2.45, 2.75) is 44.2 Å². The molecule has 1 aromatic heterocycles. The number of anilines is 1. The van der Waals surface area contributed by atoms with Crippen LogP contribution in [-0.2, 0) is 16.1 Å². The Morgan fingerprint density at radius 2 is 1.81 bits per heavy atom. The number of nitrogens with one attached hydrogen (secondary N) is 2. The van der Waals surface area contributed by atoms with Gasteiger partial charge in [0.15, 0.2) is 5.75 Å². The van der Waals surface area contributed by atoms with Crippen LogP contribution in [0.25, 0.3) is 11.0 Å². The summed E-state index contributed by atoms with van der Waals surface area (Å²) in [5.74, 6) is 2.35. The number of rotatable bonds is 12. The Hall–Kier alpha value is -4.41. The van der Waals surface area contributed by atoms with E-state index < -0.39 is 12.1 Å². The molecule has 2 atom stereocenters. The zero-order chi connectivity index (χ0) is 30.0. The van der Waals surface area contributed by atoms with Gasteiger partial charge in [-0.25, -0.2) is 9.78 Å². The van der Waals surface area contributed by atoms with E-state index in [2.05, 4.69) is 21.3 Å². The first-order valence-electron chi connectivity index (χ1n) is 14.9. The molecule has 1 fully saturated rings. The number of benzene rings is 3. The molecule has 4 N–H and O–H groups in total. The lowest BCUT2D eigenvalue weighted by atomic mass is 9.96. The summed E-state index contributed by atoms with van der Waals surface area (Å²) in [5.41, 5.74) is 8.91. The van der Waals surface area contributed by atoms with Crippen molar-refractivity contribution >= 4 is 28.7 Å². The summed E-state index contributed by atoms with van der Waals surface area (Å²) in [6, 6.07) is 23.8. The van der Waals surface area contributed by atoms with Crippen molar-refractivity contribution in [2.24, 2.45) is 5.73 Å². The lowest BCUT2D eigenvalue weighted by molar-refractivity contribution is -0.132. The summed E-state index contributed by atoms with van der Waals surface area (Å²) in [6.07, 6.45) is 2.91. The maximum atomic E-state index is 13.3. The Morgan fingerprint density at radius 3 is 2.65 bits per heavy atom. The Bertz CT molecular complexity index is 1510. The first kappa shape index (κ1) is 30.1. The van der Waals surface area contributed by atoms with E-state index in [0.717, 1.165) is 42.7 Å². The highest BCUT2D eigenvalue weighted by molar-refractivity contribution is 5.91. The number of fused-ring (bicyclic) bond motifs is 1. The number of piperidine rings is 1. The molecule has 43 heavy (non-hydrogen) atoms. The minimum absolute atomic E-state index is 0.0111. The van der Waals surface area contributed by atoms with E-state index in [-0.39, 0.29) is 24.8 Å². The van der Waals surface area contributed by atoms with Gasteiger partial charge in [-0.1, -0.05) is 42.5 Å². The molecule has 1 saturated heterocycles. The van der Waals surface area contributed by atoms with Crippen LogP contribution in [0.3, 0.4) is 0 Å². The fourth-order valence-corrected chi connectivity index (χ4v) is 5.51. The maximum Gasteiger partial charge on any atom is 0.319 e. The number of amides is 3. The molecule has 3 amide bonds. The van der Waals surface area contributed by atoms with Gasteiger partial charge < -0.3 is 35.3 Å². The minimum atomic E-state index is -0.520. The molecule has 2 heterocycles. The first-order valence-corrected chi connectivity index (χ1v) is 14.9. The molecule has 0 saturated carbocycles. The molecular formula is C33H40N6O4. The lowest BCUT2D eigenvalue weighted by Crippen LogP contribution is -2.45. The molecule has 1 aliphatic rings. The van der Waals surface area contributed by atoms with Gasteiger partial charge in [-0.2, -0.15) is 0 Å². The predicted molar refractivity (Wildman–Crippen MR) is 167 cm³/mol. The predicted octanol–water partition coefficient (Wildman–Crippen LogP) is 5.11. The molecule has 226 valence electrons. The third-order valence-corrected chi connectivity index (χ3v) is 7.62. The number of urea groups is 1. The van der Waals surface area contributed by atoms with Gasteiger partial charge in [0.1, 0.15) is 11.6 Å². The van der Waals surface area contributed by atoms with E-state index in [1.807, 2.05) is 65.6 Å². The number of imidazole rings is 1. The number of hydrogen-bond donors (Lipinski definition) is 3. The molecule has 0 aliphatic carbocycles.